The van der Waals surface area contributed by atoms with Crippen molar-refractivity contribution in [1.29, 1.82) is 0 Å². The molecule has 0 saturated carbocycles. The maximum atomic E-state index is 11.1. The number of hydrogen-bond donors (Lipinski definition) is 0. The van der Waals surface area contributed by atoms with Crippen LogP contribution in [0, 0.1) is 5.92 Å². The zero-order valence-electron chi connectivity index (χ0n) is 19.2. The van der Waals surface area contributed by atoms with Gasteiger partial charge in [0.25, 0.3) is 0 Å². The monoisotopic (exact) mass is 500 g/mol. The fourth-order valence-electron chi connectivity index (χ4n) is 3.07. The molecule has 0 amide bonds. The predicted molar refractivity (Wildman–Crippen MR) is 132 cm³/mol. The average molecular weight is 502 g/mol. The molecular weight excluding hydrogens is 471 g/mol. The number of alkyl halides is 1. The zero-order chi connectivity index (χ0) is 23.9. The Balaban J connectivity index is 2.14. The highest BCUT2D eigenvalue weighted by molar-refractivity contribution is 6.37. The molecule has 176 valence electrons. The number of benzene rings is 2. The molecule has 4 nitrogen and oxygen atoms in total. The van der Waals surface area contributed by atoms with Crippen molar-refractivity contribution in [3.05, 3.63) is 57.6 Å². The van der Waals surface area contributed by atoms with Crippen molar-refractivity contribution in [1.82, 2.24) is 0 Å². The first-order valence-corrected chi connectivity index (χ1v) is 12.0. The van der Waals surface area contributed by atoms with Crippen molar-refractivity contribution in [2.24, 2.45) is 5.92 Å². The van der Waals surface area contributed by atoms with Gasteiger partial charge in [-0.15, -0.1) is 11.6 Å². The molecule has 0 spiro atoms. The minimum absolute atomic E-state index is 0.170. The smallest absolute Gasteiger partial charge is 0.303 e. The fraction of sp³-hybridized carbons (Fsp3) is 0.480. The molecule has 0 radical (unpaired) electrons. The van der Waals surface area contributed by atoms with E-state index in [4.69, 9.17) is 49.0 Å². The summed E-state index contributed by atoms with van der Waals surface area (Å²) in [6.07, 6.45) is 0.534. The first kappa shape index (κ1) is 26.6. The van der Waals surface area contributed by atoms with E-state index in [1.54, 1.807) is 0 Å². The van der Waals surface area contributed by atoms with Gasteiger partial charge in [0, 0.05) is 12.3 Å². The highest BCUT2D eigenvalue weighted by Crippen LogP contribution is 2.41. The van der Waals surface area contributed by atoms with E-state index in [1.165, 1.54) is 6.92 Å². The molecule has 0 bridgehead atoms. The third kappa shape index (κ3) is 7.19. The summed E-state index contributed by atoms with van der Waals surface area (Å²) in [7, 11) is 0. The summed E-state index contributed by atoms with van der Waals surface area (Å²) in [5.74, 6) is 1.40. The lowest BCUT2D eigenvalue weighted by atomic mass is 9.78. The van der Waals surface area contributed by atoms with Gasteiger partial charge in [0.2, 0.25) is 0 Å². The maximum Gasteiger partial charge on any atom is 0.303 e. The molecule has 2 aromatic carbocycles. The largest absolute Gasteiger partial charge is 0.490 e. The van der Waals surface area contributed by atoms with Gasteiger partial charge in [-0.2, -0.15) is 0 Å². The molecule has 32 heavy (non-hydrogen) atoms. The van der Waals surface area contributed by atoms with Gasteiger partial charge in [-0.1, -0.05) is 69.5 Å². The van der Waals surface area contributed by atoms with E-state index in [9.17, 15) is 4.79 Å². The molecule has 2 aromatic rings. The number of rotatable bonds is 11. The summed E-state index contributed by atoms with van der Waals surface area (Å²) in [5.41, 5.74) is 1.70. The minimum Gasteiger partial charge on any atom is -0.490 e. The third-order valence-corrected chi connectivity index (χ3v) is 6.35. The maximum absolute atomic E-state index is 11.1. The Morgan fingerprint density at radius 1 is 1.00 bits per heavy atom. The fourth-order valence-corrected chi connectivity index (χ4v) is 3.82. The summed E-state index contributed by atoms with van der Waals surface area (Å²) in [4.78, 5) is 11.1. The van der Waals surface area contributed by atoms with Crippen LogP contribution in [-0.4, -0.2) is 31.2 Å². The summed E-state index contributed by atoms with van der Waals surface area (Å²) in [6, 6.07) is 11.6. The van der Waals surface area contributed by atoms with Gasteiger partial charge in [0.1, 0.15) is 18.5 Å². The third-order valence-electron chi connectivity index (χ3n) is 5.45. The molecule has 2 atom stereocenters. The zero-order valence-corrected chi connectivity index (χ0v) is 21.5. The van der Waals surface area contributed by atoms with E-state index >= 15 is 0 Å². The first-order valence-electron chi connectivity index (χ1n) is 10.7. The van der Waals surface area contributed by atoms with Crippen LogP contribution in [0.2, 0.25) is 10.0 Å². The Bertz CT molecular complexity index is 874. The molecule has 0 heterocycles. The quantitative estimate of drug-likeness (QED) is 0.239. The van der Waals surface area contributed by atoms with Gasteiger partial charge >= 0.3 is 5.97 Å². The molecule has 0 saturated heterocycles. The Labute approximate surface area is 206 Å². The predicted octanol–water partition coefficient (Wildman–Crippen LogP) is 7.29. The molecular formula is C25H31Cl3O4. The summed E-state index contributed by atoms with van der Waals surface area (Å²) < 4.78 is 16.7. The standard InChI is InChI=1S/C25H31Cl3O4/c1-6-16(2)14-31-24-22(27)11-19(12-23(24)28)25(4,5)18-7-9-20(10-8-18)30-15-21(13-26)32-17(3)29/h7-12,16,21H,6,13-15H2,1-5H3/t16-,21+/m0/s1. The molecule has 0 unspecified atom stereocenters. The van der Waals surface area contributed by atoms with Gasteiger partial charge in [-0.25, -0.2) is 0 Å². The van der Waals surface area contributed by atoms with Crippen LogP contribution in [-0.2, 0) is 14.9 Å². The molecule has 0 aliphatic rings. The van der Waals surface area contributed by atoms with Crippen LogP contribution in [0.4, 0.5) is 0 Å². The van der Waals surface area contributed by atoms with E-state index in [0.717, 1.165) is 17.5 Å². The van der Waals surface area contributed by atoms with Crippen molar-refractivity contribution >= 4 is 40.8 Å². The van der Waals surface area contributed by atoms with Gasteiger partial charge in [0.15, 0.2) is 5.75 Å². The first-order chi connectivity index (χ1) is 15.1. The second-order valence-corrected chi connectivity index (χ2v) is 9.56. The SMILES string of the molecule is CC[C@H](C)COc1c(Cl)cc(C(C)(C)c2ccc(OC[C@@H](CCl)OC(C)=O)cc2)cc1Cl. The average Bonchev–Trinajstić information content (AvgIpc) is 2.75. The van der Waals surface area contributed by atoms with Crippen LogP contribution in [0.5, 0.6) is 11.5 Å². The van der Waals surface area contributed by atoms with Gasteiger partial charge in [-0.3, -0.25) is 4.79 Å². The second-order valence-electron chi connectivity index (χ2n) is 8.44. The summed E-state index contributed by atoms with van der Waals surface area (Å²) >= 11 is 18.9. The molecule has 0 aliphatic heterocycles. The Kier molecular flexibility index (Phi) is 10.00. The second kappa shape index (κ2) is 12.0. The summed E-state index contributed by atoms with van der Waals surface area (Å²) in [5, 5.41) is 1.00. The highest BCUT2D eigenvalue weighted by Gasteiger charge is 2.26. The van der Waals surface area contributed by atoms with Crippen LogP contribution in [0.3, 0.4) is 0 Å². The number of halogens is 3. The van der Waals surface area contributed by atoms with Crippen LogP contribution < -0.4 is 9.47 Å². The molecule has 2 rings (SSSR count). The number of carbonyl (C=O) groups is 1. The lowest BCUT2D eigenvalue weighted by Gasteiger charge is -2.27. The Hall–Kier alpha value is -1.62. The minimum atomic E-state index is -0.490. The van der Waals surface area contributed by atoms with Crippen LogP contribution in [0.15, 0.2) is 36.4 Å². The van der Waals surface area contributed by atoms with Crippen molar-refractivity contribution in [2.75, 3.05) is 19.1 Å². The number of hydrogen-bond acceptors (Lipinski definition) is 4. The normalized spacial score (nSPS) is 13.4. The van der Waals surface area contributed by atoms with E-state index in [-0.39, 0.29) is 23.9 Å². The van der Waals surface area contributed by atoms with Crippen molar-refractivity contribution < 1.29 is 19.0 Å². The number of ether oxygens (including phenoxy) is 3. The van der Waals surface area contributed by atoms with Crippen LogP contribution in [0.25, 0.3) is 0 Å². The Morgan fingerprint density at radius 3 is 2.09 bits per heavy atom. The number of carbonyl (C=O) groups excluding carboxylic acids is 1. The molecule has 0 fully saturated rings. The van der Waals surface area contributed by atoms with Gasteiger partial charge in [-0.05, 0) is 41.3 Å². The van der Waals surface area contributed by atoms with Gasteiger partial charge in [0.05, 0.1) is 22.5 Å². The van der Waals surface area contributed by atoms with Gasteiger partial charge < -0.3 is 14.2 Å². The van der Waals surface area contributed by atoms with Crippen molar-refractivity contribution in [2.45, 2.75) is 52.6 Å². The Morgan fingerprint density at radius 2 is 1.59 bits per heavy atom. The molecule has 0 aliphatic carbocycles. The lowest BCUT2D eigenvalue weighted by molar-refractivity contribution is -0.146. The van der Waals surface area contributed by atoms with E-state index in [1.807, 2.05) is 36.4 Å². The molecule has 7 heteroatoms. The van der Waals surface area contributed by atoms with Crippen LogP contribution >= 0.6 is 34.8 Å². The lowest BCUT2D eigenvalue weighted by Crippen LogP contribution is -2.25. The van der Waals surface area contributed by atoms with Crippen LogP contribution in [0.1, 0.15) is 52.2 Å². The van der Waals surface area contributed by atoms with E-state index < -0.39 is 6.10 Å². The van der Waals surface area contributed by atoms with Crippen molar-refractivity contribution in [3.63, 3.8) is 0 Å². The molecule has 0 N–H and O–H groups in total. The summed E-state index contributed by atoms with van der Waals surface area (Å²) in [6.45, 7) is 10.6. The highest BCUT2D eigenvalue weighted by atomic mass is 35.5. The van der Waals surface area contributed by atoms with E-state index in [2.05, 4.69) is 27.7 Å². The number of esters is 1. The molecule has 0 aromatic heterocycles. The van der Waals surface area contributed by atoms with Crippen molar-refractivity contribution in [3.8, 4) is 11.5 Å². The topological polar surface area (TPSA) is 44.8 Å². The van der Waals surface area contributed by atoms with E-state index in [0.29, 0.717) is 34.1 Å².